The number of nitrogens with two attached hydrogens (primary N) is 1. The van der Waals surface area contributed by atoms with Gasteiger partial charge in [0.15, 0.2) is 5.82 Å². The maximum absolute atomic E-state index is 9.02. The van der Waals surface area contributed by atoms with Gasteiger partial charge in [-0.1, -0.05) is 0 Å². The predicted molar refractivity (Wildman–Crippen MR) is 70.2 cm³/mol. The smallest absolute Gasteiger partial charge is 0.157 e. The third-order valence-electron chi connectivity index (χ3n) is 2.38. The maximum atomic E-state index is 9.02. The molecule has 2 heterocycles. The molecule has 0 spiro atoms. The van der Waals surface area contributed by atoms with E-state index in [0.717, 1.165) is 10.7 Å². The minimum absolute atomic E-state index is 0.306. The molecule has 2 aromatic rings. The van der Waals surface area contributed by atoms with Crippen LogP contribution in [0.4, 0.5) is 10.8 Å². The SMILES string of the molecule is Cc1ncsc1CN(C)c1snc(N)c1C#N. The van der Waals surface area contributed by atoms with Gasteiger partial charge in [0.25, 0.3) is 0 Å². The Morgan fingerprint density at radius 2 is 2.35 bits per heavy atom. The van der Waals surface area contributed by atoms with Crippen molar-refractivity contribution in [2.75, 3.05) is 17.7 Å². The molecule has 0 aliphatic rings. The van der Waals surface area contributed by atoms with Crippen LogP contribution in [0.5, 0.6) is 0 Å². The number of hydrogen-bond donors (Lipinski definition) is 1. The monoisotopic (exact) mass is 265 g/mol. The summed E-state index contributed by atoms with van der Waals surface area (Å²) >= 11 is 2.86. The van der Waals surface area contributed by atoms with Gasteiger partial charge in [0.1, 0.15) is 16.6 Å². The fourth-order valence-electron chi connectivity index (χ4n) is 1.42. The number of aromatic nitrogens is 2. The van der Waals surface area contributed by atoms with E-state index in [1.165, 1.54) is 16.4 Å². The minimum Gasteiger partial charge on any atom is -0.382 e. The summed E-state index contributed by atoms with van der Waals surface area (Å²) in [5.41, 5.74) is 8.94. The normalized spacial score (nSPS) is 10.2. The van der Waals surface area contributed by atoms with Crippen LogP contribution in [0.1, 0.15) is 16.1 Å². The predicted octanol–water partition coefficient (Wildman–Crippen LogP) is 2.00. The zero-order valence-corrected chi connectivity index (χ0v) is 11.1. The van der Waals surface area contributed by atoms with Gasteiger partial charge in [-0.05, 0) is 18.5 Å². The Labute approximate surface area is 107 Å². The van der Waals surface area contributed by atoms with E-state index in [1.54, 1.807) is 11.3 Å². The summed E-state index contributed by atoms with van der Waals surface area (Å²) in [7, 11) is 1.92. The molecule has 0 fully saturated rings. The van der Waals surface area contributed by atoms with Crippen molar-refractivity contribution in [3.63, 3.8) is 0 Å². The van der Waals surface area contributed by atoms with E-state index in [1.807, 2.05) is 24.4 Å². The minimum atomic E-state index is 0.306. The molecule has 0 amide bonds. The summed E-state index contributed by atoms with van der Waals surface area (Å²) in [6, 6.07) is 2.09. The topological polar surface area (TPSA) is 78.8 Å². The van der Waals surface area contributed by atoms with Crippen LogP contribution in [0.15, 0.2) is 5.51 Å². The van der Waals surface area contributed by atoms with Gasteiger partial charge in [0.2, 0.25) is 0 Å². The van der Waals surface area contributed by atoms with Crippen molar-refractivity contribution in [3.05, 3.63) is 21.6 Å². The van der Waals surface area contributed by atoms with Gasteiger partial charge in [-0.15, -0.1) is 11.3 Å². The first-order valence-electron chi connectivity index (χ1n) is 4.88. The highest BCUT2D eigenvalue weighted by Crippen LogP contribution is 2.30. The molecule has 0 aliphatic carbocycles. The molecule has 2 N–H and O–H groups in total. The van der Waals surface area contributed by atoms with Crippen molar-refractivity contribution in [2.45, 2.75) is 13.5 Å². The summed E-state index contributed by atoms with van der Waals surface area (Å²) in [6.45, 7) is 2.69. The van der Waals surface area contributed by atoms with Crippen molar-refractivity contribution >= 4 is 33.7 Å². The maximum Gasteiger partial charge on any atom is 0.157 e. The van der Waals surface area contributed by atoms with Crippen LogP contribution in [-0.2, 0) is 6.54 Å². The molecule has 7 heteroatoms. The number of nitriles is 1. The molecule has 0 radical (unpaired) electrons. The van der Waals surface area contributed by atoms with E-state index < -0.39 is 0 Å². The van der Waals surface area contributed by atoms with E-state index in [2.05, 4.69) is 15.4 Å². The van der Waals surface area contributed by atoms with Gasteiger partial charge in [0.05, 0.1) is 17.7 Å². The second-order valence-electron chi connectivity index (χ2n) is 3.58. The van der Waals surface area contributed by atoms with Gasteiger partial charge in [-0.2, -0.15) is 9.64 Å². The number of aryl methyl sites for hydroxylation is 1. The van der Waals surface area contributed by atoms with E-state index in [-0.39, 0.29) is 0 Å². The molecule has 0 unspecified atom stereocenters. The van der Waals surface area contributed by atoms with Crippen LogP contribution in [0.3, 0.4) is 0 Å². The number of anilines is 2. The van der Waals surface area contributed by atoms with E-state index in [0.29, 0.717) is 17.9 Å². The number of nitrogen functional groups attached to an aromatic ring is 1. The lowest BCUT2D eigenvalue weighted by Crippen LogP contribution is -2.16. The number of rotatable bonds is 3. The second kappa shape index (κ2) is 4.69. The highest BCUT2D eigenvalue weighted by atomic mass is 32.1. The van der Waals surface area contributed by atoms with E-state index in [9.17, 15) is 0 Å². The van der Waals surface area contributed by atoms with Crippen LogP contribution >= 0.6 is 22.9 Å². The fraction of sp³-hybridized carbons (Fsp3) is 0.300. The van der Waals surface area contributed by atoms with Crippen LogP contribution in [0.2, 0.25) is 0 Å². The quantitative estimate of drug-likeness (QED) is 0.918. The number of thiazole rings is 1. The molecule has 5 nitrogen and oxygen atoms in total. The summed E-state index contributed by atoms with van der Waals surface area (Å²) in [4.78, 5) is 7.36. The molecule has 2 rings (SSSR count). The Bertz CT molecular complexity index is 566. The Morgan fingerprint density at radius 3 is 2.94 bits per heavy atom. The molecule has 17 heavy (non-hydrogen) atoms. The average Bonchev–Trinajstić information content (AvgIpc) is 2.86. The van der Waals surface area contributed by atoms with Crippen LogP contribution in [0.25, 0.3) is 0 Å². The third-order valence-corrected chi connectivity index (χ3v) is 4.28. The molecule has 0 saturated carbocycles. The first kappa shape index (κ1) is 11.8. The standard InChI is InChI=1S/C10H11N5S2/c1-6-8(16-5-13-6)4-15(2)10-7(3-11)9(12)14-17-10/h5H,4H2,1-2H3,(H2,12,14). The van der Waals surface area contributed by atoms with Crippen molar-refractivity contribution in [1.82, 2.24) is 9.36 Å². The first-order chi connectivity index (χ1) is 8.13. The molecule has 0 aliphatic heterocycles. The lowest BCUT2D eigenvalue weighted by atomic mass is 10.3. The Hall–Kier alpha value is -1.65. The average molecular weight is 265 g/mol. The molecular formula is C10H11N5S2. The first-order valence-corrected chi connectivity index (χ1v) is 6.54. The molecule has 88 valence electrons. The largest absolute Gasteiger partial charge is 0.382 e. The fourth-order valence-corrected chi connectivity index (χ4v) is 2.98. The molecule has 2 aromatic heterocycles. The molecule has 0 atom stereocenters. The molecule has 0 bridgehead atoms. The summed E-state index contributed by atoms with van der Waals surface area (Å²) in [6.07, 6.45) is 0. The third kappa shape index (κ3) is 2.23. The lowest BCUT2D eigenvalue weighted by Gasteiger charge is -2.16. The number of nitrogens with zero attached hydrogens (tertiary/aromatic N) is 4. The zero-order chi connectivity index (χ0) is 12.4. The van der Waals surface area contributed by atoms with Crippen molar-refractivity contribution in [3.8, 4) is 6.07 Å². The van der Waals surface area contributed by atoms with Gasteiger partial charge in [0, 0.05) is 11.9 Å². The second-order valence-corrected chi connectivity index (χ2v) is 5.27. The number of hydrogen-bond acceptors (Lipinski definition) is 7. The van der Waals surface area contributed by atoms with E-state index in [4.69, 9.17) is 11.0 Å². The van der Waals surface area contributed by atoms with Gasteiger partial charge in [-0.3, -0.25) is 0 Å². The van der Waals surface area contributed by atoms with Crippen LogP contribution < -0.4 is 10.6 Å². The lowest BCUT2D eigenvalue weighted by molar-refractivity contribution is 0.936. The molecule has 0 aromatic carbocycles. The summed E-state index contributed by atoms with van der Waals surface area (Å²) in [5.74, 6) is 0.306. The Morgan fingerprint density at radius 1 is 1.59 bits per heavy atom. The van der Waals surface area contributed by atoms with Crippen molar-refractivity contribution in [1.29, 1.82) is 5.26 Å². The zero-order valence-electron chi connectivity index (χ0n) is 9.47. The van der Waals surface area contributed by atoms with Crippen molar-refractivity contribution < 1.29 is 0 Å². The van der Waals surface area contributed by atoms with E-state index >= 15 is 0 Å². The summed E-state index contributed by atoms with van der Waals surface area (Å²) in [5, 5.41) is 9.82. The van der Waals surface area contributed by atoms with Crippen molar-refractivity contribution in [2.24, 2.45) is 0 Å². The van der Waals surface area contributed by atoms with Gasteiger partial charge < -0.3 is 10.6 Å². The highest BCUT2D eigenvalue weighted by molar-refractivity contribution is 7.11. The van der Waals surface area contributed by atoms with Gasteiger partial charge >= 0.3 is 0 Å². The molecular weight excluding hydrogens is 254 g/mol. The summed E-state index contributed by atoms with van der Waals surface area (Å²) < 4.78 is 4.00. The van der Waals surface area contributed by atoms with Crippen LogP contribution in [-0.4, -0.2) is 16.4 Å². The van der Waals surface area contributed by atoms with Gasteiger partial charge in [-0.25, -0.2) is 4.98 Å². The Kier molecular flexibility index (Phi) is 3.26. The van der Waals surface area contributed by atoms with Crippen LogP contribution in [0, 0.1) is 18.3 Å². The molecule has 0 saturated heterocycles. The Balaban J connectivity index is 2.24. The highest BCUT2D eigenvalue weighted by Gasteiger charge is 2.16.